The van der Waals surface area contributed by atoms with Crippen LogP contribution in [0.25, 0.3) is 6.08 Å². The summed E-state index contributed by atoms with van der Waals surface area (Å²) in [6.45, 7) is 12.9. The van der Waals surface area contributed by atoms with E-state index in [2.05, 4.69) is 134 Å². The quantitative estimate of drug-likeness (QED) is 0.311. The fourth-order valence-electron chi connectivity index (χ4n) is 4.79. The average molecular weight is 467 g/mol. The predicted molar refractivity (Wildman–Crippen MR) is 153 cm³/mol. The first-order valence-electron chi connectivity index (χ1n) is 13.0. The highest BCUT2D eigenvalue weighted by atomic mass is 15.5. The van der Waals surface area contributed by atoms with Crippen molar-refractivity contribution in [2.75, 3.05) is 41.0 Å². The first-order valence-corrected chi connectivity index (χ1v) is 13.0. The molecule has 0 aromatic heterocycles. The molecule has 0 radical (unpaired) electrons. The zero-order valence-corrected chi connectivity index (χ0v) is 21.6. The molecule has 0 N–H and O–H groups in total. The lowest BCUT2D eigenvalue weighted by Gasteiger charge is -2.25. The van der Waals surface area contributed by atoms with Crippen molar-refractivity contribution < 1.29 is 0 Å². The second kappa shape index (κ2) is 11.7. The number of nitrogens with zero attached hydrogens (tertiary/aromatic N) is 4. The van der Waals surface area contributed by atoms with Crippen LogP contribution in [0, 0.1) is 0 Å². The summed E-state index contributed by atoms with van der Waals surface area (Å²) < 4.78 is 0. The molecule has 0 aliphatic carbocycles. The summed E-state index contributed by atoms with van der Waals surface area (Å²) in [7, 11) is 0. The third-order valence-electron chi connectivity index (χ3n) is 6.85. The maximum absolute atomic E-state index is 5.04. The summed E-state index contributed by atoms with van der Waals surface area (Å²) in [6.07, 6.45) is 5.24. The Balaban J connectivity index is 1.55. The van der Waals surface area contributed by atoms with Gasteiger partial charge in [0.2, 0.25) is 0 Å². The van der Waals surface area contributed by atoms with Crippen molar-refractivity contribution in [1.29, 1.82) is 0 Å². The molecular formula is C31H38N4. The number of rotatable bonds is 10. The minimum absolute atomic E-state index is 0.188. The Hall–Kier alpha value is -3.53. The summed E-state index contributed by atoms with van der Waals surface area (Å²) in [6, 6.07) is 28.5. The molecule has 3 aromatic rings. The van der Waals surface area contributed by atoms with Gasteiger partial charge >= 0.3 is 0 Å². The number of anilines is 3. The molecule has 1 aliphatic heterocycles. The summed E-state index contributed by atoms with van der Waals surface area (Å²) in [5.41, 5.74) is 7.25. The SMILES string of the molecule is CCN(CC)c1ccc(/C=C/C2=NN(c3ccccc3)C(c3ccc(N(CC)CC)cc3)C2)cc1. The fourth-order valence-corrected chi connectivity index (χ4v) is 4.79. The largest absolute Gasteiger partial charge is 0.372 e. The van der Waals surface area contributed by atoms with Crippen LogP contribution in [0.2, 0.25) is 0 Å². The van der Waals surface area contributed by atoms with Crippen molar-refractivity contribution in [1.82, 2.24) is 0 Å². The van der Waals surface area contributed by atoms with Gasteiger partial charge in [-0.2, -0.15) is 5.10 Å². The zero-order chi connectivity index (χ0) is 24.6. The molecule has 0 fully saturated rings. The number of allylic oxidation sites excluding steroid dienone is 1. The minimum Gasteiger partial charge on any atom is -0.372 e. The van der Waals surface area contributed by atoms with Gasteiger partial charge < -0.3 is 9.80 Å². The van der Waals surface area contributed by atoms with Gasteiger partial charge in [-0.1, -0.05) is 48.5 Å². The van der Waals surface area contributed by atoms with Crippen molar-refractivity contribution in [3.8, 4) is 0 Å². The first kappa shape index (κ1) is 24.6. The predicted octanol–water partition coefficient (Wildman–Crippen LogP) is 7.40. The van der Waals surface area contributed by atoms with Gasteiger partial charge in [0.25, 0.3) is 0 Å². The summed E-state index contributed by atoms with van der Waals surface area (Å²) in [4.78, 5) is 4.74. The lowest BCUT2D eigenvalue weighted by molar-refractivity contribution is 0.709. The zero-order valence-electron chi connectivity index (χ0n) is 21.6. The highest BCUT2D eigenvalue weighted by molar-refractivity contribution is 6.01. The smallest absolute Gasteiger partial charge is 0.0831 e. The molecule has 0 spiro atoms. The van der Waals surface area contributed by atoms with Gasteiger partial charge in [-0.25, -0.2) is 0 Å². The van der Waals surface area contributed by atoms with Gasteiger partial charge in [-0.05, 0) is 81.3 Å². The Morgan fingerprint density at radius 1 is 0.714 bits per heavy atom. The summed E-state index contributed by atoms with van der Waals surface area (Å²) in [5, 5.41) is 7.21. The van der Waals surface area contributed by atoms with E-state index in [1.807, 2.05) is 0 Å². The van der Waals surface area contributed by atoms with Gasteiger partial charge in [0.1, 0.15) is 0 Å². The van der Waals surface area contributed by atoms with Crippen molar-refractivity contribution in [2.24, 2.45) is 5.10 Å². The standard InChI is InChI=1S/C31H38N4/c1-5-33(6-2)28-20-15-25(16-21-28)14-19-27-24-31(35(32-27)30-12-10-9-11-13-30)26-17-22-29(23-18-26)34(7-3)8-4/h9-23,31H,5-8,24H2,1-4H3/b19-14+. The topological polar surface area (TPSA) is 22.1 Å². The number of hydrazone groups is 1. The first-order chi connectivity index (χ1) is 17.2. The van der Waals surface area contributed by atoms with E-state index in [9.17, 15) is 0 Å². The number of benzene rings is 3. The fraction of sp³-hybridized carbons (Fsp3) is 0.323. The molecule has 0 saturated heterocycles. The van der Waals surface area contributed by atoms with Crippen LogP contribution in [0.4, 0.5) is 17.1 Å². The monoisotopic (exact) mass is 466 g/mol. The normalized spacial score (nSPS) is 15.5. The van der Waals surface area contributed by atoms with E-state index < -0.39 is 0 Å². The van der Waals surface area contributed by atoms with Crippen LogP contribution >= 0.6 is 0 Å². The Labute approximate surface area is 211 Å². The van der Waals surface area contributed by atoms with Crippen LogP contribution in [0.15, 0.2) is 90.0 Å². The van der Waals surface area contributed by atoms with E-state index in [-0.39, 0.29) is 6.04 Å². The summed E-state index contributed by atoms with van der Waals surface area (Å²) >= 11 is 0. The van der Waals surface area contributed by atoms with E-state index >= 15 is 0 Å². The number of para-hydroxylation sites is 1. The molecule has 35 heavy (non-hydrogen) atoms. The van der Waals surface area contributed by atoms with Crippen LogP contribution < -0.4 is 14.8 Å². The van der Waals surface area contributed by atoms with Crippen LogP contribution in [0.1, 0.15) is 51.3 Å². The van der Waals surface area contributed by atoms with Crippen LogP contribution in [0.5, 0.6) is 0 Å². The molecule has 0 saturated carbocycles. The van der Waals surface area contributed by atoms with Gasteiger partial charge in [-0.3, -0.25) is 5.01 Å². The number of hydrogen-bond donors (Lipinski definition) is 0. The van der Waals surface area contributed by atoms with Crippen LogP contribution in [-0.2, 0) is 0 Å². The van der Waals surface area contributed by atoms with Crippen molar-refractivity contribution >= 4 is 28.8 Å². The van der Waals surface area contributed by atoms with E-state index in [0.717, 1.165) is 44.0 Å². The Kier molecular flexibility index (Phi) is 8.25. The third-order valence-corrected chi connectivity index (χ3v) is 6.85. The maximum Gasteiger partial charge on any atom is 0.0831 e. The second-order valence-corrected chi connectivity index (χ2v) is 8.85. The molecule has 1 atom stereocenters. The van der Waals surface area contributed by atoms with E-state index in [1.165, 1.54) is 22.5 Å². The maximum atomic E-state index is 5.04. The van der Waals surface area contributed by atoms with Crippen LogP contribution in [-0.4, -0.2) is 31.9 Å². The molecule has 4 nitrogen and oxygen atoms in total. The van der Waals surface area contributed by atoms with E-state index in [0.29, 0.717) is 0 Å². The Bertz CT molecular complexity index is 1110. The van der Waals surface area contributed by atoms with Crippen molar-refractivity contribution in [3.63, 3.8) is 0 Å². The molecule has 1 aliphatic rings. The molecule has 4 heteroatoms. The Morgan fingerprint density at radius 3 is 1.80 bits per heavy atom. The molecule has 1 unspecified atom stereocenters. The van der Waals surface area contributed by atoms with E-state index in [1.54, 1.807) is 0 Å². The van der Waals surface area contributed by atoms with Gasteiger partial charge in [0, 0.05) is 44.0 Å². The minimum atomic E-state index is 0.188. The second-order valence-electron chi connectivity index (χ2n) is 8.85. The van der Waals surface area contributed by atoms with Gasteiger partial charge in [0.15, 0.2) is 0 Å². The summed E-state index contributed by atoms with van der Waals surface area (Å²) in [5.74, 6) is 0. The highest BCUT2D eigenvalue weighted by Crippen LogP contribution is 2.36. The molecule has 182 valence electrons. The number of hydrogen-bond acceptors (Lipinski definition) is 4. The van der Waals surface area contributed by atoms with Crippen molar-refractivity contribution in [2.45, 2.75) is 40.2 Å². The molecule has 3 aromatic carbocycles. The van der Waals surface area contributed by atoms with Gasteiger partial charge in [-0.15, -0.1) is 0 Å². The van der Waals surface area contributed by atoms with Crippen molar-refractivity contribution in [3.05, 3.63) is 96.1 Å². The van der Waals surface area contributed by atoms with Gasteiger partial charge in [0.05, 0.1) is 17.4 Å². The van der Waals surface area contributed by atoms with E-state index in [4.69, 9.17) is 5.10 Å². The van der Waals surface area contributed by atoms with Crippen LogP contribution in [0.3, 0.4) is 0 Å². The molecule has 0 amide bonds. The molecule has 0 bridgehead atoms. The molecule has 4 rings (SSSR count). The highest BCUT2D eigenvalue weighted by Gasteiger charge is 2.28. The Morgan fingerprint density at radius 2 is 1.26 bits per heavy atom. The molecular weight excluding hydrogens is 428 g/mol. The lowest BCUT2D eigenvalue weighted by Crippen LogP contribution is -2.22. The average Bonchev–Trinajstić information content (AvgIpc) is 3.35. The lowest BCUT2D eigenvalue weighted by atomic mass is 10.00. The molecule has 1 heterocycles. The third kappa shape index (κ3) is 5.76.